The van der Waals surface area contributed by atoms with Crippen molar-refractivity contribution < 1.29 is 14.3 Å². The van der Waals surface area contributed by atoms with Crippen LogP contribution in [0.1, 0.15) is 18.4 Å². The minimum Gasteiger partial charge on any atom is -0.494 e. The fraction of sp³-hybridized carbons (Fsp3) is 0.300. The lowest BCUT2D eigenvalue weighted by Gasteiger charge is -2.12. The molecule has 3 amide bonds. The number of carbonyl (C=O) groups is 2. The first-order valence-corrected chi connectivity index (χ1v) is 8.83. The van der Waals surface area contributed by atoms with Crippen LogP contribution in [-0.4, -0.2) is 31.1 Å². The highest BCUT2D eigenvalue weighted by Gasteiger charge is 2.25. The van der Waals surface area contributed by atoms with E-state index in [1.165, 1.54) is 5.56 Å². The number of benzene rings is 2. The summed E-state index contributed by atoms with van der Waals surface area (Å²) in [5.74, 6) is 0.560. The summed E-state index contributed by atoms with van der Waals surface area (Å²) in [6, 6.07) is 16.7. The third-order valence-electron chi connectivity index (χ3n) is 4.17. The van der Waals surface area contributed by atoms with Gasteiger partial charge in [-0.3, -0.25) is 4.79 Å². The van der Waals surface area contributed by atoms with Crippen molar-refractivity contribution in [3.05, 3.63) is 60.2 Å². The minimum atomic E-state index is -0.465. The quantitative estimate of drug-likeness (QED) is 0.670. The Labute approximate surface area is 152 Å². The molecule has 6 heteroatoms. The van der Waals surface area contributed by atoms with Crippen molar-refractivity contribution in [3.63, 3.8) is 0 Å². The number of carbonyl (C=O) groups excluding carboxylic acids is 2. The third-order valence-corrected chi connectivity index (χ3v) is 4.17. The van der Waals surface area contributed by atoms with E-state index in [4.69, 9.17) is 4.74 Å². The molecule has 0 aromatic heterocycles. The Morgan fingerprint density at radius 2 is 2.00 bits per heavy atom. The SMILES string of the molecule is O=C(Nc1cccc(OCCCc2ccccc2)c1)NC1CCNC1=O. The van der Waals surface area contributed by atoms with Crippen molar-refractivity contribution >= 4 is 17.6 Å². The zero-order valence-electron chi connectivity index (χ0n) is 14.5. The van der Waals surface area contributed by atoms with Gasteiger partial charge in [0.2, 0.25) is 5.91 Å². The lowest BCUT2D eigenvalue weighted by atomic mass is 10.1. The Balaban J connectivity index is 1.43. The van der Waals surface area contributed by atoms with Crippen LogP contribution in [-0.2, 0) is 11.2 Å². The zero-order valence-corrected chi connectivity index (χ0v) is 14.5. The molecule has 3 N–H and O–H groups in total. The molecule has 0 aliphatic carbocycles. The highest BCUT2D eigenvalue weighted by Crippen LogP contribution is 2.18. The molecule has 2 aromatic carbocycles. The number of hydrogen-bond donors (Lipinski definition) is 3. The molecule has 0 bridgehead atoms. The molecular formula is C20H23N3O3. The monoisotopic (exact) mass is 353 g/mol. The fourth-order valence-corrected chi connectivity index (χ4v) is 2.83. The number of amides is 3. The molecule has 1 saturated heterocycles. The lowest BCUT2D eigenvalue weighted by Crippen LogP contribution is -2.42. The second kappa shape index (κ2) is 8.89. The lowest BCUT2D eigenvalue weighted by molar-refractivity contribution is -0.120. The molecule has 0 saturated carbocycles. The fourth-order valence-electron chi connectivity index (χ4n) is 2.83. The van der Waals surface area contributed by atoms with Gasteiger partial charge in [-0.15, -0.1) is 0 Å². The Kier molecular flexibility index (Phi) is 6.09. The van der Waals surface area contributed by atoms with E-state index in [-0.39, 0.29) is 5.91 Å². The van der Waals surface area contributed by atoms with E-state index >= 15 is 0 Å². The average molecular weight is 353 g/mol. The second-order valence-electron chi connectivity index (χ2n) is 6.20. The summed E-state index contributed by atoms with van der Waals surface area (Å²) in [5, 5.41) is 8.09. The van der Waals surface area contributed by atoms with E-state index < -0.39 is 12.1 Å². The Morgan fingerprint density at radius 1 is 1.15 bits per heavy atom. The average Bonchev–Trinajstić information content (AvgIpc) is 3.04. The highest BCUT2D eigenvalue weighted by atomic mass is 16.5. The predicted octanol–water partition coefficient (Wildman–Crippen LogP) is 2.71. The van der Waals surface area contributed by atoms with Crippen LogP contribution in [0.4, 0.5) is 10.5 Å². The van der Waals surface area contributed by atoms with Crippen molar-refractivity contribution in [1.29, 1.82) is 0 Å². The van der Waals surface area contributed by atoms with E-state index in [0.717, 1.165) is 12.8 Å². The van der Waals surface area contributed by atoms with Crippen LogP contribution in [0.25, 0.3) is 0 Å². The third kappa shape index (κ3) is 5.24. The van der Waals surface area contributed by atoms with Gasteiger partial charge in [0.15, 0.2) is 0 Å². The largest absolute Gasteiger partial charge is 0.494 e. The van der Waals surface area contributed by atoms with Crippen LogP contribution in [0.15, 0.2) is 54.6 Å². The number of aryl methyl sites for hydroxylation is 1. The number of ether oxygens (including phenoxy) is 1. The molecule has 0 radical (unpaired) electrons. The van der Waals surface area contributed by atoms with Gasteiger partial charge in [0.1, 0.15) is 11.8 Å². The summed E-state index contributed by atoms with van der Waals surface area (Å²) in [5.41, 5.74) is 1.92. The van der Waals surface area contributed by atoms with Gasteiger partial charge < -0.3 is 20.7 Å². The van der Waals surface area contributed by atoms with Gasteiger partial charge in [0.25, 0.3) is 0 Å². The molecule has 1 aliphatic rings. The van der Waals surface area contributed by atoms with E-state index in [2.05, 4.69) is 28.1 Å². The maximum atomic E-state index is 12.0. The smallest absolute Gasteiger partial charge is 0.319 e. The summed E-state index contributed by atoms with van der Waals surface area (Å²) >= 11 is 0. The number of urea groups is 1. The molecule has 0 spiro atoms. The summed E-state index contributed by atoms with van der Waals surface area (Å²) in [4.78, 5) is 23.5. The summed E-state index contributed by atoms with van der Waals surface area (Å²) < 4.78 is 5.76. The highest BCUT2D eigenvalue weighted by molar-refractivity contribution is 5.94. The van der Waals surface area contributed by atoms with Crippen LogP contribution in [0.2, 0.25) is 0 Å². The zero-order chi connectivity index (χ0) is 18.2. The Bertz CT molecular complexity index is 749. The maximum absolute atomic E-state index is 12.0. The molecule has 1 fully saturated rings. The molecule has 2 aromatic rings. The number of anilines is 1. The van der Waals surface area contributed by atoms with Crippen molar-refractivity contribution in [2.75, 3.05) is 18.5 Å². The molecular weight excluding hydrogens is 330 g/mol. The van der Waals surface area contributed by atoms with Crippen molar-refractivity contribution in [1.82, 2.24) is 10.6 Å². The molecule has 1 heterocycles. The van der Waals surface area contributed by atoms with Crippen molar-refractivity contribution in [2.24, 2.45) is 0 Å². The molecule has 3 rings (SSSR count). The van der Waals surface area contributed by atoms with Crippen LogP contribution in [0, 0.1) is 0 Å². The summed E-state index contributed by atoms with van der Waals surface area (Å²) in [6.07, 6.45) is 2.49. The van der Waals surface area contributed by atoms with E-state index in [1.807, 2.05) is 30.3 Å². The van der Waals surface area contributed by atoms with Gasteiger partial charge in [-0.2, -0.15) is 0 Å². The molecule has 1 unspecified atom stereocenters. The number of nitrogens with one attached hydrogen (secondary N) is 3. The Hall–Kier alpha value is -3.02. The van der Waals surface area contributed by atoms with Gasteiger partial charge in [0, 0.05) is 18.3 Å². The van der Waals surface area contributed by atoms with E-state index in [1.54, 1.807) is 12.1 Å². The topological polar surface area (TPSA) is 79.5 Å². The predicted molar refractivity (Wildman–Crippen MR) is 100 cm³/mol. The van der Waals surface area contributed by atoms with Gasteiger partial charge in [-0.1, -0.05) is 36.4 Å². The first-order valence-electron chi connectivity index (χ1n) is 8.83. The van der Waals surface area contributed by atoms with Gasteiger partial charge in [0.05, 0.1) is 6.61 Å². The second-order valence-corrected chi connectivity index (χ2v) is 6.20. The van der Waals surface area contributed by atoms with Crippen LogP contribution < -0.4 is 20.7 Å². The van der Waals surface area contributed by atoms with Gasteiger partial charge in [-0.25, -0.2) is 4.79 Å². The molecule has 136 valence electrons. The van der Waals surface area contributed by atoms with Crippen molar-refractivity contribution in [2.45, 2.75) is 25.3 Å². The Morgan fingerprint density at radius 3 is 2.77 bits per heavy atom. The minimum absolute atomic E-state index is 0.143. The van der Waals surface area contributed by atoms with E-state index in [9.17, 15) is 9.59 Å². The summed E-state index contributed by atoms with van der Waals surface area (Å²) in [6.45, 7) is 1.20. The standard InChI is InChI=1S/C20H23N3O3/c24-19-18(11-12-21-19)23-20(25)22-16-9-4-10-17(14-16)26-13-5-8-15-6-2-1-3-7-15/h1-4,6-7,9-10,14,18H,5,8,11-13H2,(H,21,24)(H2,22,23,25). The van der Waals surface area contributed by atoms with Crippen LogP contribution in [0.5, 0.6) is 5.75 Å². The first-order chi connectivity index (χ1) is 12.7. The molecule has 26 heavy (non-hydrogen) atoms. The molecule has 6 nitrogen and oxygen atoms in total. The number of hydrogen-bond acceptors (Lipinski definition) is 3. The first kappa shape index (κ1) is 17.8. The van der Waals surface area contributed by atoms with E-state index in [0.29, 0.717) is 31.0 Å². The molecule has 1 aliphatic heterocycles. The number of rotatable bonds is 7. The summed E-state index contributed by atoms with van der Waals surface area (Å²) in [7, 11) is 0. The normalized spacial score (nSPS) is 16.0. The molecule has 1 atom stereocenters. The van der Waals surface area contributed by atoms with Gasteiger partial charge in [-0.05, 0) is 37.0 Å². The van der Waals surface area contributed by atoms with Crippen molar-refractivity contribution in [3.8, 4) is 5.75 Å². The maximum Gasteiger partial charge on any atom is 0.319 e. The van der Waals surface area contributed by atoms with Crippen LogP contribution >= 0.6 is 0 Å². The van der Waals surface area contributed by atoms with Crippen LogP contribution in [0.3, 0.4) is 0 Å². The van der Waals surface area contributed by atoms with Gasteiger partial charge >= 0.3 is 6.03 Å².